The number of hydrogen-bond donors (Lipinski definition) is 0. The molecule has 0 spiro atoms. The summed E-state index contributed by atoms with van der Waals surface area (Å²) in [5, 5.41) is 4.12. The molecule has 1 atom stereocenters. The molecule has 2 aromatic carbocycles. The Bertz CT molecular complexity index is 774. The van der Waals surface area contributed by atoms with E-state index in [0.717, 1.165) is 16.7 Å². The largest absolute Gasteiger partial charge is 0.467 e. The van der Waals surface area contributed by atoms with Gasteiger partial charge in [0, 0.05) is 13.0 Å². The first-order valence-electron chi connectivity index (χ1n) is 8.73. The van der Waals surface area contributed by atoms with Gasteiger partial charge in [0.2, 0.25) is 0 Å². The van der Waals surface area contributed by atoms with E-state index in [-0.39, 0.29) is 12.4 Å². The van der Waals surface area contributed by atoms with Crippen LogP contribution < -0.4 is 0 Å². The van der Waals surface area contributed by atoms with E-state index in [2.05, 4.69) is 5.16 Å². The maximum atomic E-state index is 12.9. The van der Waals surface area contributed by atoms with E-state index in [9.17, 15) is 9.18 Å². The molecule has 0 saturated carbocycles. The molecule has 144 valence electrons. The Hall–Kier alpha value is -2.73. The SMILES string of the molecule is CCO[C@H](Cc1cccc(/C(C)=N/OCc2ccc(F)cc2)c1)C(=O)OC. The molecule has 0 radical (unpaired) electrons. The molecule has 5 nitrogen and oxygen atoms in total. The number of halogens is 1. The van der Waals surface area contributed by atoms with Gasteiger partial charge < -0.3 is 14.3 Å². The lowest BCUT2D eigenvalue weighted by atomic mass is 10.0. The minimum absolute atomic E-state index is 0.256. The molecule has 0 amide bonds. The normalized spacial score (nSPS) is 12.5. The first-order valence-corrected chi connectivity index (χ1v) is 8.73. The second-order valence-corrected chi connectivity index (χ2v) is 5.95. The second-order valence-electron chi connectivity index (χ2n) is 5.95. The van der Waals surface area contributed by atoms with E-state index in [1.165, 1.54) is 19.2 Å². The lowest BCUT2D eigenvalue weighted by Crippen LogP contribution is -2.28. The summed E-state index contributed by atoms with van der Waals surface area (Å²) in [5.41, 5.74) is 3.35. The molecule has 0 saturated heterocycles. The molecule has 0 heterocycles. The molecule has 2 rings (SSSR count). The molecule has 0 N–H and O–H groups in total. The van der Waals surface area contributed by atoms with Crippen molar-refractivity contribution in [1.29, 1.82) is 0 Å². The Morgan fingerprint density at radius 3 is 2.56 bits per heavy atom. The number of nitrogens with zero attached hydrogens (tertiary/aromatic N) is 1. The molecule has 0 aliphatic heterocycles. The quantitative estimate of drug-likeness (QED) is 0.380. The molecule has 0 fully saturated rings. The fraction of sp³-hybridized carbons (Fsp3) is 0.333. The monoisotopic (exact) mass is 373 g/mol. The van der Waals surface area contributed by atoms with Crippen molar-refractivity contribution in [3.05, 3.63) is 71.0 Å². The highest BCUT2D eigenvalue weighted by atomic mass is 19.1. The van der Waals surface area contributed by atoms with Gasteiger partial charge in [-0.25, -0.2) is 9.18 Å². The zero-order valence-electron chi connectivity index (χ0n) is 15.8. The van der Waals surface area contributed by atoms with Crippen molar-refractivity contribution in [2.24, 2.45) is 5.16 Å². The molecule has 6 heteroatoms. The summed E-state index contributed by atoms with van der Waals surface area (Å²) < 4.78 is 23.2. The van der Waals surface area contributed by atoms with E-state index in [1.54, 1.807) is 12.1 Å². The molecule has 0 unspecified atom stereocenters. The van der Waals surface area contributed by atoms with Crippen LogP contribution in [0.1, 0.15) is 30.5 Å². The van der Waals surface area contributed by atoms with Crippen LogP contribution in [0.15, 0.2) is 53.7 Å². The van der Waals surface area contributed by atoms with Crippen LogP contribution in [0.4, 0.5) is 4.39 Å². The van der Waals surface area contributed by atoms with E-state index in [1.807, 2.05) is 38.1 Å². The summed E-state index contributed by atoms with van der Waals surface area (Å²) in [6, 6.07) is 13.7. The fourth-order valence-electron chi connectivity index (χ4n) is 2.52. The standard InChI is InChI=1S/C21H24FNO4/c1-4-26-20(21(24)25-3)13-17-6-5-7-18(12-17)15(2)23-27-14-16-8-10-19(22)11-9-16/h5-12,20H,4,13-14H2,1-3H3/b23-15+/t20-/m1/s1. The van der Waals surface area contributed by atoms with Gasteiger partial charge in [-0.1, -0.05) is 35.5 Å². The minimum atomic E-state index is -0.637. The summed E-state index contributed by atoms with van der Waals surface area (Å²) in [7, 11) is 1.35. The van der Waals surface area contributed by atoms with Crippen LogP contribution in [0.25, 0.3) is 0 Å². The van der Waals surface area contributed by atoms with Crippen molar-refractivity contribution >= 4 is 11.7 Å². The van der Waals surface area contributed by atoms with Gasteiger partial charge in [-0.2, -0.15) is 0 Å². The molecule has 0 bridgehead atoms. The zero-order valence-corrected chi connectivity index (χ0v) is 15.8. The molecule has 0 aliphatic rings. The third-order valence-electron chi connectivity index (χ3n) is 3.94. The Morgan fingerprint density at radius 2 is 1.89 bits per heavy atom. The maximum Gasteiger partial charge on any atom is 0.335 e. The van der Waals surface area contributed by atoms with Gasteiger partial charge >= 0.3 is 5.97 Å². The summed E-state index contributed by atoms with van der Waals surface area (Å²) >= 11 is 0. The lowest BCUT2D eigenvalue weighted by Gasteiger charge is -2.15. The van der Waals surface area contributed by atoms with Gasteiger partial charge in [0.15, 0.2) is 6.10 Å². The van der Waals surface area contributed by atoms with Crippen molar-refractivity contribution in [3.8, 4) is 0 Å². The van der Waals surface area contributed by atoms with Crippen LogP contribution in [0.3, 0.4) is 0 Å². The van der Waals surface area contributed by atoms with Gasteiger partial charge in [-0.05, 0) is 48.7 Å². The first kappa shape index (κ1) is 20.6. The Kier molecular flexibility index (Phi) is 7.95. The smallest absolute Gasteiger partial charge is 0.335 e. The van der Waals surface area contributed by atoms with Crippen molar-refractivity contribution in [2.45, 2.75) is 33.0 Å². The van der Waals surface area contributed by atoms with E-state index < -0.39 is 12.1 Å². The lowest BCUT2D eigenvalue weighted by molar-refractivity contribution is -0.153. The van der Waals surface area contributed by atoms with Crippen molar-refractivity contribution < 1.29 is 23.5 Å². The number of rotatable bonds is 9. The number of ether oxygens (including phenoxy) is 2. The van der Waals surface area contributed by atoms with Gasteiger partial charge in [0.1, 0.15) is 12.4 Å². The highest BCUT2D eigenvalue weighted by Crippen LogP contribution is 2.12. The zero-order chi connectivity index (χ0) is 19.6. The molecule has 2 aromatic rings. The molecular weight excluding hydrogens is 349 g/mol. The summed E-state index contributed by atoms with van der Waals surface area (Å²) in [6.45, 7) is 4.36. The predicted octanol–water partition coefficient (Wildman–Crippen LogP) is 3.89. The summed E-state index contributed by atoms with van der Waals surface area (Å²) in [4.78, 5) is 17.2. The average Bonchev–Trinajstić information content (AvgIpc) is 2.68. The average molecular weight is 373 g/mol. The first-order chi connectivity index (χ1) is 13.0. The van der Waals surface area contributed by atoms with Gasteiger partial charge in [-0.15, -0.1) is 0 Å². The van der Waals surface area contributed by atoms with Crippen LogP contribution in [-0.2, 0) is 32.1 Å². The number of oxime groups is 1. The van der Waals surface area contributed by atoms with E-state index in [4.69, 9.17) is 14.3 Å². The third kappa shape index (κ3) is 6.49. The Morgan fingerprint density at radius 1 is 1.15 bits per heavy atom. The Balaban J connectivity index is 2.01. The second kappa shape index (κ2) is 10.4. The van der Waals surface area contributed by atoms with Crippen molar-refractivity contribution in [1.82, 2.24) is 0 Å². The highest BCUT2D eigenvalue weighted by molar-refractivity contribution is 5.98. The fourth-order valence-corrected chi connectivity index (χ4v) is 2.52. The number of carbonyl (C=O) groups is 1. The number of benzene rings is 2. The summed E-state index contributed by atoms with van der Waals surface area (Å²) in [6.07, 6.45) is -0.222. The molecule has 0 aliphatic carbocycles. The summed E-state index contributed by atoms with van der Waals surface area (Å²) in [5.74, 6) is -0.678. The molecule has 27 heavy (non-hydrogen) atoms. The molecular formula is C21H24FNO4. The number of carbonyl (C=O) groups excluding carboxylic acids is 1. The van der Waals surface area contributed by atoms with Crippen molar-refractivity contribution in [3.63, 3.8) is 0 Å². The highest BCUT2D eigenvalue weighted by Gasteiger charge is 2.20. The van der Waals surface area contributed by atoms with Crippen LogP contribution in [0.5, 0.6) is 0 Å². The number of methoxy groups -OCH3 is 1. The van der Waals surface area contributed by atoms with Crippen LogP contribution >= 0.6 is 0 Å². The number of hydrogen-bond acceptors (Lipinski definition) is 5. The van der Waals surface area contributed by atoms with Gasteiger partial charge in [-0.3, -0.25) is 0 Å². The number of esters is 1. The van der Waals surface area contributed by atoms with Crippen LogP contribution in [0.2, 0.25) is 0 Å². The topological polar surface area (TPSA) is 57.1 Å². The van der Waals surface area contributed by atoms with Crippen LogP contribution in [-0.4, -0.2) is 31.5 Å². The van der Waals surface area contributed by atoms with E-state index >= 15 is 0 Å². The van der Waals surface area contributed by atoms with E-state index in [0.29, 0.717) is 18.7 Å². The molecule has 0 aromatic heterocycles. The third-order valence-corrected chi connectivity index (χ3v) is 3.94. The van der Waals surface area contributed by atoms with Crippen molar-refractivity contribution in [2.75, 3.05) is 13.7 Å². The minimum Gasteiger partial charge on any atom is -0.467 e. The van der Waals surface area contributed by atoms with Crippen LogP contribution in [0, 0.1) is 5.82 Å². The predicted molar refractivity (Wildman–Crippen MR) is 101 cm³/mol. The van der Waals surface area contributed by atoms with Gasteiger partial charge in [0.25, 0.3) is 0 Å². The maximum absolute atomic E-state index is 12.9. The van der Waals surface area contributed by atoms with Gasteiger partial charge in [0.05, 0.1) is 12.8 Å². The Labute approximate surface area is 158 Å².